The lowest BCUT2D eigenvalue weighted by Gasteiger charge is -2.06. The van der Waals surface area contributed by atoms with Crippen LogP contribution in [0.2, 0.25) is 0 Å². The van der Waals surface area contributed by atoms with Crippen LogP contribution in [0.3, 0.4) is 0 Å². The molecule has 0 bridgehead atoms. The van der Waals surface area contributed by atoms with E-state index in [9.17, 15) is 0 Å². The summed E-state index contributed by atoms with van der Waals surface area (Å²) in [5.41, 5.74) is 3.09. The summed E-state index contributed by atoms with van der Waals surface area (Å²) < 4.78 is 5.85. The number of nitrogens with zero attached hydrogens (tertiary/aromatic N) is 2. The van der Waals surface area contributed by atoms with Crippen molar-refractivity contribution in [3.63, 3.8) is 0 Å². The van der Waals surface area contributed by atoms with Gasteiger partial charge < -0.3 is 4.74 Å². The molecule has 0 aliphatic carbocycles. The first-order valence-corrected chi connectivity index (χ1v) is 12.3. The largest absolute Gasteiger partial charge is 0.494 e. The molecular formula is C26H38N2OS. The van der Waals surface area contributed by atoms with Crippen molar-refractivity contribution < 1.29 is 4.74 Å². The highest BCUT2D eigenvalue weighted by molar-refractivity contribution is 7.80. The van der Waals surface area contributed by atoms with E-state index in [0.717, 1.165) is 42.3 Å². The average molecular weight is 427 g/mol. The monoisotopic (exact) mass is 426 g/mol. The Morgan fingerprint density at radius 3 is 1.77 bits per heavy atom. The zero-order chi connectivity index (χ0) is 21.3. The molecule has 0 amide bonds. The van der Waals surface area contributed by atoms with Gasteiger partial charge in [-0.1, -0.05) is 64.0 Å². The fourth-order valence-corrected chi connectivity index (χ4v) is 3.52. The van der Waals surface area contributed by atoms with Crippen molar-refractivity contribution in [1.29, 1.82) is 0 Å². The smallest absolute Gasteiger partial charge is 0.119 e. The summed E-state index contributed by atoms with van der Waals surface area (Å²) in [6.45, 7) is 3.00. The van der Waals surface area contributed by atoms with E-state index in [0.29, 0.717) is 0 Å². The third-order valence-corrected chi connectivity index (χ3v) is 5.51. The molecule has 0 aliphatic rings. The van der Waals surface area contributed by atoms with E-state index in [-0.39, 0.29) is 0 Å². The van der Waals surface area contributed by atoms with Gasteiger partial charge >= 0.3 is 0 Å². The van der Waals surface area contributed by atoms with Gasteiger partial charge in [0.2, 0.25) is 0 Å². The normalized spacial score (nSPS) is 11.3. The fraction of sp³-hybridized carbons (Fsp3) is 0.538. The predicted octanol–water partition coefficient (Wildman–Crippen LogP) is 8.87. The number of ether oxygens (including phenoxy) is 1. The summed E-state index contributed by atoms with van der Waals surface area (Å²) in [6.07, 6.45) is 13.9. The molecule has 2 rings (SSSR count). The average Bonchev–Trinajstić information content (AvgIpc) is 2.79. The van der Waals surface area contributed by atoms with Crippen LogP contribution >= 0.6 is 12.6 Å². The van der Waals surface area contributed by atoms with Gasteiger partial charge in [-0.2, -0.15) is 22.9 Å². The van der Waals surface area contributed by atoms with Crippen molar-refractivity contribution in [1.82, 2.24) is 0 Å². The molecule has 0 spiro atoms. The Bertz CT molecular complexity index is 698. The maximum atomic E-state index is 5.85. The zero-order valence-corrected chi connectivity index (χ0v) is 19.5. The highest BCUT2D eigenvalue weighted by Gasteiger charge is 1.97. The summed E-state index contributed by atoms with van der Waals surface area (Å²) in [5.74, 6) is 1.93. The fourth-order valence-electron chi connectivity index (χ4n) is 3.30. The SMILES string of the molecule is CCCCc1ccc(N=Nc2ccc(OCCCCCCCCCCS)cc2)cc1. The van der Waals surface area contributed by atoms with Crippen molar-refractivity contribution in [2.45, 2.75) is 77.6 Å². The Kier molecular flexibility index (Phi) is 13.0. The molecule has 0 radical (unpaired) electrons. The van der Waals surface area contributed by atoms with Crippen LogP contribution in [0, 0.1) is 0 Å². The zero-order valence-electron chi connectivity index (χ0n) is 18.6. The van der Waals surface area contributed by atoms with Gasteiger partial charge in [0.25, 0.3) is 0 Å². The number of unbranched alkanes of at least 4 members (excludes halogenated alkanes) is 8. The number of aryl methyl sites for hydroxylation is 1. The molecule has 0 unspecified atom stereocenters. The van der Waals surface area contributed by atoms with E-state index in [1.807, 2.05) is 36.4 Å². The molecule has 0 N–H and O–H groups in total. The molecule has 0 atom stereocenters. The molecule has 30 heavy (non-hydrogen) atoms. The first-order chi connectivity index (χ1) is 14.8. The molecule has 4 heteroatoms. The van der Waals surface area contributed by atoms with Gasteiger partial charge in [-0.05, 0) is 73.4 Å². The van der Waals surface area contributed by atoms with Crippen LogP contribution in [0.1, 0.15) is 76.7 Å². The molecule has 0 aliphatic heterocycles. The first kappa shape index (κ1) is 24.5. The minimum atomic E-state index is 0.783. The van der Waals surface area contributed by atoms with Crippen molar-refractivity contribution in [3.8, 4) is 5.75 Å². The van der Waals surface area contributed by atoms with Gasteiger partial charge in [0.15, 0.2) is 0 Å². The molecule has 0 aromatic heterocycles. The summed E-state index contributed by atoms with van der Waals surface area (Å²) in [5, 5.41) is 8.67. The number of azo groups is 1. The standard InChI is InChI=1S/C26H38N2OS/c1-2-3-12-23-13-15-24(16-14-23)27-28-25-17-19-26(20-18-25)29-21-10-8-6-4-5-7-9-11-22-30/h13-20,30H,2-12,21-22H2,1H3. The number of benzene rings is 2. The molecule has 2 aromatic carbocycles. The van der Waals surface area contributed by atoms with Gasteiger partial charge in [0, 0.05) is 0 Å². The van der Waals surface area contributed by atoms with Crippen LogP contribution in [0.25, 0.3) is 0 Å². The van der Waals surface area contributed by atoms with Gasteiger partial charge in [0.1, 0.15) is 5.75 Å². The number of rotatable bonds is 16. The van der Waals surface area contributed by atoms with E-state index in [4.69, 9.17) is 4.74 Å². The predicted molar refractivity (Wildman–Crippen MR) is 132 cm³/mol. The molecule has 2 aromatic rings. The number of hydrogen-bond donors (Lipinski definition) is 1. The van der Waals surface area contributed by atoms with Crippen LogP contribution < -0.4 is 4.74 Å². The van der Waals surface area contributed by atoms with E-state index in [1.165, 1.54) is 63.4 Å². The van der Waals surface area contributed by atoms with Crippen LogP contribution in [-0.2, 0) is 6.42 Å². The van der Waals surface area contributed by atoms with Gasteiger partial charge in [-0.15, -0.1) is 0 Å². The number of thiol groups is 1. The van der Waals surface area contributed by atoms with Gasteiger partial charge in [0.05, 0.1) is 18.0 Å². The van der Waals surface area contributed by atoms with Crippen LogP contribution in [0.4, 0.5) is 11.4 Å². The topological polar surface area (TPSA) is 34.0 Å². The van der Waals surface area contributed by atoms with E-state index < -0.39 is 0 Å². The summed E-state index contributed by atoms with van der Waals surface area (Å²) >= 11 is 4.25. The van der Waals surface area contributed by atoms with Crippen molar-refractivity contribution in [2.75, 3.05) is 12.4 Å². The lowest BCUT2D eigenvalue weighted by Crippen LogP contribution is -1.96. The molecule has 0 saturated carbocycles. The van der Waals surface area contributed by atoms with Crippen LogP contribution in [0.5, 0.6) is 5.75 Å². The highest BCUT2D eigenvalue weighted by Crippen LogP contribution is 2.22. The van der Waals surface area contributed by atoms with E-state index in [1.54, 1.807) is 0 Å². The van der Waals surface area contributed by atoms with Crippen LogP contribution in [0.15, 0.2) is 58.8 Å². The molecule has 164 valence electrons. The third-order valence-electron chi connectivity index (χ3n) is 5.19. The second kappa shape index (κ2) is 16.0. The minimum absolute atomic E-state index is 0.783. The Morgan fingerprint density at radius 2 is 1.20 bits per heavy atom. The summed E-state index contributed by atoms with van der Waals surface area (Å²) in [7, 11) is 0. The summed E-state index contributed by atoms with van der Waals surface area (Å²) in [6, 6.07) is 16.2. The summed E-state index contributed by atoms with van der Waals surface area (Å²) in [4.78, 5) is 0. The molecule has 3 nitrogen and oxygen atoms in total. The molecular weight excluding hydrogens is 388 g/mol. The number of hydrogen-bond acceptors (Lipinski definition) is 4. The second-order valence-electron chi connectivity index (χ2n) is 7.86. The van der Waals surface area contributed by atoms with Gasteiger partial charge in [-0.3, -0.25) is 0 Å². The Morgan fingerprint density at radius 1 is 0.667 bits per heavy atom. The lowest BCUT2D eigenvalue weighted by atomic mass is 10.1. The second-order valence-corrected chi connectivity index (χ2v) is 8.31. The molecule has 0 heterocycles. The van der Waals surface area contributed by atoms with Crippen molar-refractivity contribution in [2.24, 2.45) is 10.2 Å². The minimum Gasteiger partial charge on any atom is -0.494 e. The quantitative estimate of drug-likeness (QED) is 0.162. The highest BCUT2D eigenvalue weighted by atomic mass is 32.1. The van der Waals surface area contributed by atoms with Crippen molar-refractivity contribution >= 4 is 24.0 Å². The molecule has 0 fully saturated rings. The molecule has 0 saturated heterocycles. The van der Waals surface area contributed by atoms with E-state index >= 15 is 0 Å². The third kappa shape index (κ3) is 10.8. The van der Waals surface area contributed by atoms with Gasteiger partial charge in [-0.25, -0.2) is 0 Å². The Balaban J connectivity index is 1.61. The first-order valence-electron chi connectivity index (χ1n) is 11.7. The maximum Gasteiger partial charge on any atom is 0.119 e. The Labute approximate surface area is 188 Å². The van der Waals surface area contributed by atoms with E-state index in [2.05, 4.69) is 41.9 Å². The lowest BCUT2D eigenvalue weighted by molar-refractivity contribution is 0.304. The van der Waals surface area contributed by atoms with Crippen LogP contribution in [-0.4, -0.2) is 12.4 Å². The van der Waals surface area contributed by atoms with Crippen molar-refractivity contribution in [3.05, 3.63) is 54.1 Å². The Hall–Kier alpha value is -1.81. The maximum absolute atomic E-state index is 5.85.